The second kappa shape index (κ2) is 2.58. The third-order valence-electron chi connectivity index (χ3n) is 4.79. The second-order valence-electron chi connectivity index (χ2n) is 5.03. The quantitative estimate of drug-likeness (QED) is 0.322. The molecule has 4 heteroatoms. The van der Waals surface area contributed by atoms with Crippen LogP contribution in [0.5, 0.6) is 0 Å². The molecule has 4 rings (SSSR count). The Bertz CT molecular complexity index is 362. The van der Waals surface area contributed by atoms with E-state index in [0.29, 0.717) is 5.92 Å². The van der Waals surface area contributed by atoms with Gasteiger partial charge in [0.05, 0.1) is 0 Å². The fourth-order valence-corrected chi connectivity index (χ4v) is 13.7. The van der Waals surface area contributed by atoms with Gasteiger partial charge in [0.15, 0.2) is 0 Å². The van der Waals surface area contributed by atoms with E-state index in [9.17, 15) is 4.79 Å². The van der Waals surface area contributed by atoms with Crippen molar-refractivity contribution in [2.24, 2.45) is 17.3 Å². The van der Waals surface area contributed by atoms with E-state index in [2.05, 4.69) is 6.58 Å². The number of alkyl halides is 1. The number of rotatable bonds is 0. The molecule has 0 radical (unpaired) electrons. The molecule has 4 aliphatic rings. The first kappa shape index (κ1) is 9.33. The average molecular weight is 335 g/mol. The molecule has 2 aliphatic heterocycles. The van der Waals surface area contributed by atoms with Gasteiger partial charge in [-0.1, -0.05) is 0 Å². The third-order valence-corrected chi connectivity index (χ3v) is 12.1. The van der Waals surface area contributed by atoms with Crippen LogP contribution < -0.4 is 19.8 Å². The van der Waals surface area contributed by atoms with Crippen molar-refractivity contribution in [1.29, 1.82) is 0 Å². The van der Waals surface area contributed by atoms with Crippen molar-refractivity contribution >= 4 is 14.9 Å². The first-order valence-electron chi connectivity index (χ1n) is 5.41. The predicted molar refractivity (Wildman–Crippen MR) is 53.7 cm³/mol. The van der Waals surface area contributed by atoms with Crippen molar-refractivity contribution in [2.45, 2.75) is 22.7 Å². The molecule has 2 heterocycles. The average Bonchev–Trinajstić information content (AvgIpc) is 2.89. The number of carbonyl (C=O) groups is 1. The molecular weight excluding hydrogens is 323 g/mol. The van der Waals surface area contributed by atoms with Crippen molar-refractivity contribution in [3.8, 4) is 0 Å². The molecular formula is C11H12IO2S-. The van der Waals surface area contributed by atoms with Crippen molar-refractivity contribution < 1.29 is 29.4 Å². The summed E-state index contributed by atoms with van der Waals surface area (Å²) in [5.74, 6) is 3.29. The van der Waals surface area contributed by atoms with E-state index >= 15 is 0 Å². The maximum absolute atomic E-state index is 12.2. The minimum atomic E-state index is -0.106. The molecule has 2 aliphatic carbocycles. The van der Waals surface area contributed by atoms with Gasteiger partial charge < -0.3 is 0 Å². The Morgan fingerprint density at radius 3 is 3.07 bits per heavy atom. The SMILES string of the molecule is C=C1OC(=O)C23CS[I-]C12C1CCC3C1. The Morgan fingerprint density at radius 1 is 1.47 bits per heavy atom. The molecule has 2 saturated carbocycles. The van der Waals surface area contributed by atoms with Gasteiger partial charge in [-0.25, -0.2) is 0 Å². The number of allylic oxidation sites excluding steroid dienone is 1. The summed E-state index contributed by atoms with van der Waals surface area (Å²) in [6.07, 6.45) is 3.83. The summed E-state index contributed by atoms with van der Waals surface area (Å²) in [5.41, 5.74) is -0.106. The van der Waals surface area contributed by atoms with Gasteiger partial charge in [0.1, 0.15) is 0 Å². The summed E-state index contributed by atoms with van der Waals surface area (Å²) in [7, 11) is 2.04. The van der Waals surface area contributed by atoms with Gasteiger partial charge in [-0.3, -0.25) is 0 Å². The van der Waals surface area contributed by atoms with Crippen molar-refractivity contribution in [3.63, 3.8) is 0 Å². The van der Waals surface area contributed by atoms with Crippen LogP contribution in [0.25, 0.3) is 0 Å². The maximum atomic E-state index is 12.2. The van der Waals surface area contributed by atoms with Gasteiger partial charge in [0.25, 0.3) is 0 Å². The molecule has 2 nitrogen and oxygen atoms in total. The molecule has 0 aromatic heterocycles. The third kappa shape index (κ3) is 0.732. The predicted octanol–water partition coefficient (Wildman–Crippen LogP) is -1.04. The molecule has 0 N–H and O–H groups in total. The van der Waals surface area contributed by atoms with Crippen LogP contribution in [0.1, 0.15) is 19.3 Å². The van der Waals surface area contributed by atoms with Crippen LogP contribution in [0.3, 0.4) is 0 Å². The Balaban J connectivity index is 2.01. The second-order valence-corrected chi connectivity index (χ2v) is 10.6. The fourth-order valence-electron chi connectivity index (χ4n) is 4.18. The molecule has 4 unspecified atom stereocenters. The molecule has 4 fully saturated rings. The monoisotopic (exact) mass is 335 g/mol. The number of fused-ring (bicyclic) bond motifs is 2. The Hall–Kier alpha value is 0.290. The van der Waals surface area contributed by atoms with Gasteiger partial charge in [0, 0.05) is 0 Å². The van der Waals surface area contributed by atoms with E-state index in [0.717, 1.165) is 17.4 Å². The zero-order valence-electron chi connectivity index (χ0n) is 8.29. The molecule has 15 heavy (non-hydrogen) atoms. The van der Waals surface area contributed by atoms with Gasteiger partial charge >= 0.3 is 102 Å². The van der Waals surface area contributed by atoms with Crippen LogP contribution in [0.15, 0.2) is 12.3 Å². The molecule has 0 aromatic rings. The molecule has 0 spiro atoms. The first-order chi connectivity index (χ1) is 7.22. The summed E-state index contributed by atoms with van der Waals surface area (Å²) in [5, 5.41) is 0. The van der Waals surface area contributed by atoms with Gasteiger partial charge in [-0.05, 0) is 0 Å². The van der Waals surface area contributed by atoms with E-state index < -0.39 is 0 Å². The molecule has 4 atom stereocenters. The minimum absolute atomic E-state index is 0.0124. The summed E-state index contributed by atoms with van der Waals surface area (Å²) < 4.78 is 5.59. The van der Waals surface area contributed by atoms with Crippen LogP contribution in [0.2, 0.25) is 0 Å². The number of ether oxygens (including phenoxy) is 1. The van der Waals surface area contributed by atoms with Crippen molar-refractivity contribution in [3.05, 3.63) is 12.3 Å². The Kier molecular flexibility index (Phi) is 1.60. The summed E-state index contributed by atoms with van der Waals surface area (Å²) in [6, 6.07) is 0. The molecule has 2 bridgehead atoms. The Labute approximate surface area is 102 Å². The number of esters is 1. The number of hydrogen-bond acceptors (Lipinski definition) is 3. The molecule has 2 saturated heterocycles. The van der Waals surface area contributed by atoms with E-state index in [1.807, 2.05) is 8.93 Å². The molecule has 0 amide bonds. The number of hydrogen-bond donors (Lipinski definition) is 0. The molecule has 82 valence electrons. The van der Waals surface area contributed by atoms with Crippen LogP contribution in [0, 0.1) is 17.3 Å². The van der Waals surface area contributed by atoms with Crippen LogP contribution >= 0.6 is 8.93 Å². The topological polar surface area (TPSA) is 26.3 Å². The normalized spacial score (nSPS) is 56.3. The zero-order chi connectivity index (χ0) is 10.3. The number of halogens is 1. The number of cyclic esters (lactones) is 1. The van der Waals surface area contributed by atoms with Gasteiger partial charge in [-0.15, -0.1) is 0 Å². The van der Waals surface area contributed by atoms with Crippen LogP contribution in [0.4, 0.5) is 0 Å². The van der Waals surface area contributed by atoms with Gasteiger partial charge in [-0.2, -0.15) is 0 Å². The number of carbonyl (C=O) groups excluding carboxylic acids is 1. The zero-order valence-corrected chi connectivity index (χ0v) is 11.3. The van der Waals surface area contributed by atoms with Gasteiger partial charge in [0.2, 0.25) is 0 Å². The Morgan fingerprint density at radius 2 is 2.27 bits per heavy atom. The summed E-state index contributed by atoms with van der Waals surface area (Å²) in [6.45, 7) is 4.07. The standard InChI is InChI=1S/C11H12IO2S/c1-6-11-8-3-2-7(4-8)10(11,5-15-12-11)9(13)14-6/h7-8H,1-5H2/q-1. The van der Waals surface area contributed by atoms with E-state index in [1.54, 1.807) is 0 Å². The summed E-state index contributed by atoms with van der Waals surface area (Å²) in [4.78, 5) is 12.2. The van der Waals surface area contributed by atoms with Crippen molar-refractivity contribution in [2.75, 3.05) is 5.75 Å². The summed E-state index contributed by atoms with van der Waals surface area (Å²) >= 11 is 0.0124. The van der Waals surface area contributed by atoms with E-state index in [-0.39, 0.29) is 34.6 Å². The van der Waals surface area contributed by atoms with E-state index in [1.165, 1.54) is 19.3 Å². The molecule has 0 aromatic carbocycles. The van der Waals surface area contributed by atoms with Crippen molar-refractivity contribution in [1.82, 2.24) is 0 Å². The van der Waals surface area contributed by atoms with E-state index in [4.69, 9.17) is 4.74 Å². The van der Waals surface area contributed by atoms with Crippen LogP contribution in [-0.2, 0) is 9.53 Å². The first-order valence-corrected chi connectivity index (χ1v) is 10.0. The van der Waals surface area contributed by atoms with Crippen LogP contribution in [-0.4, -0.2) is 15.1 Å². The fraction of sp³-hybridized carbons (Fsp3) is 0.727.